The fraction of sp³-hybridized carbons (Fsp3) is 0.227. The Morgan fingerprint density at radius 2 is 1.88 bits per heavy atom. The van der Waals surface area contributed by atoms with Crippen molar-refractivity contribution in [3.05, 3.63) is 94.5 Å². The maximum Gasteiger partial charge on any atom is 0.251 e. The minimum absolute atomic E-state index is 0.255. The Hall–Kier alpha value is -2.88. The smallest absolute Gasteiger partial charge is 0.251 e. The van der Waals surface area contributed by atoms with Crippen LogP contribution in [0.5, 0.6) is 0 Å². The zero-order valence-electron chi connectivity index (χ0n) is 14.5. The number of hydrogen-bond donors (Lipinski definition) is 1. The fourth-order valence-corrected chi connectivity index (χ4v) is 3.45. The van der Waals surface area contributed by atoms with Crippen LogP contribution in [0.1, 0.15) is 27.0 Å². The Balaban J connectivity index is 1.40. The van der Waals surface area contributed by atoms with Crippen molar-refractivity contribution >= 4 is 5.91 Å². The molecule has 1 N–H and O–H groups in total. The van der Waals surface area contributed by atoms with E-state index in [0.29, 0.717) is 12.1 Å². The molecule has 1 aliphatic heterocycles. The van der Waals surface area contributed by atoms with Gasteiger partial charge < -0.3 is 10.2 Å². The Labute approximate surface area is 152 Å². The first-order valence-corrected chi connectivity index (χ1v) is 8.97. The summed E-state index contributed by atoms with van der Waals surface area (Å²) in [7, 11) is 0. The first-order chi connectivity index (χ1) is 12.7. The van der Waals surface area contributed by atoms with Gasteiger partial charge in [0, 0.05) is 30.9 Å². The molecule has 1 amide bonds. The molecular formula is C22H21FN2O. The van der Waals surface area contributed by atoms with Crippen molar-refractivity contribution in [1.29, 1.82) is 0 Å². The molecule has 0 aromatic heterocycles. The summed E-state index contributed by atoms with van der Waals surface area (Å²) in [6, 6.07) is 12.2. The zero-order chi connectivity index (χ0) is 17.9. The minimum Gasteiger partial charge on any atom is -0.371 e. The van der Waals surface area contributed by atoms with E-state index in [4.69, 9.17) is 0 Å². The third-order valence-electron chi connectivity index (χ3n) is 5.01. The monoisotopic (exact) mass is 348 g/mol. The molecule has 26 heavy (non-hydrogen) atoms. The number of carbonyl (C=O) groups is 1. The van der Waals surface area contributed by atoms with Gasteiger partial charge in [-0.15, -0.1) is 0 Å². The lowest BCUT2D eigenvalue weighted by atomic mass is 10.00. The fourth-order valence-electron chi connectivity index (χ4n) is 3.45. The van der Waals surface area contributed by atoms with Gasteiger partial charge in [-0.25, -0.2) is 4.39 Å². The molecule has 0 saturated heterocycles. The molecule has 0 fully saturated rings. The number of halogens is 1. The van der Waals surface area contributed by atoms with E-state index in [2.05, 4.69) is 46.6 Å². The predicted octanol–water partition coefficient (Wildman–Crippen LogP) is 3.61. The molecule has 4 heteroatoms. The lowest BCUT2D eigenvalue weighted by Crippen LogP contribution is -2.26. The Morgan fingerprint density at radius 3 is 2.62 bits per heavy atom. The number of hydrogen-bond acceptors (Lipinski definition) is 2. The van der Waals surface area contributed by atoms with Gasteiger partial charge in [-0.1, -0.05) is 30.3 Å². The van der Waals surface area contributed by atoms with Gasteiger partial charge in [0.1, 0.15) is 5.82 Å². The predicted molar refractivity (Wildman–Crippen MR) is 100 cm³/mol. The van der Waals surface area contributed by atoms with Crippen LogP contribution in [-0.2, 0) is 19.4 Å². The number of rotatable bonds is 4. The van der Waals surface area contributed by atoms with E-state index < -0.39 is 5.82 Å². The maximum atomic E-state index is 13.2. The number of benzene rings is 2. The highest BCUT2D eigenvalue weighted by Gasteiger charge is 2.16. The number of nitrogens with one attached hydrogen (secondary N) is 1. The Kier molecular flexibility index (Phi) is 4.57. The van der Waals surface area contributed by atoms with Crippen molar-refractivity contribution < 1.29 is 9.18 Å². The van der Waals surface area contributed by atoms with Gasteiger partial charge in [0.2, 0.25) is 0 Å². The van der Waals surface area contributed by atoms with Gasteiger partial charge in [0.05, 0.1) is 0 Å². The summed E-state index contributed by atoms with van der Waals surface area (Å²) < 4.78 is 13.2. The summed E-state index contributed by atoms with van der Waals surface area (Å²) in [5.74, 6) is -0.655. The molecule has 4 rings (SSSR count). The largest absolute Gasteiger partial charge is 0.371 e. The van der Waals surface area contributed by atoms with Crippen LogP contribution in [0, 0.1) is 5.82 Å². The molecule has 0 spiro atoms. The van der Waals surface area contributed by atoms with Crippen LogP contribution < -0.4 is 5.32 Å². The van der Waals surface area contributed by atoms with Gasteiger partial charge in [-0.2, -0.15) is 0 Å². The lowest BCUT2D eigenvalue weighted by molar-refractivity contribution is 0.0950. The van der Waals surface area contributed by atoms with Crippen molar-refractivity contribution in [2.45, 2.75) is 19.4 Å². The quantitative estimate of drug-likeness (QED) is 0.915. The highest BCUT2D eigenvalue weighted by molar-refractivity contribution is 5.94. The first kappa shape index (κ1) is 16.6. The average Bonchev–Trinajstić information content (AvgIpc) is 2.81. The van der Waals surface area contributed by atoms with Crippen molar-refractivity contribution in [2.24, 2.45) is 0 Å². The number of fused-ring (bicyclic) bond motifs is 1. The normalized spacial score (nSPS) is 15.6. The minimum atomic E-state index is -0.399. The summed E-state index contributed by atoms with van der Waals surface area (Å²) in [6.07, 6.45) is 8.43. The molecular weight excluding hydrogens is 327 g/mol. The zero-order valence-corrected chi connectivity index (χ0v) is 14.5. The summed E-state index contributed by atoms with van der Waals surface area (Å²) in [5, 5.41) is 2.88. The Morgan fingerprint density at radius 1 is 1.08 bits per heavy atom. The molecule has 3 nitrogen and oxygen atoms in total. The van der Waals surface area contributed by atoms with E-state index in [0.717, 1.165) is 31.5 Å². The second-order valence-electron chi connectivity index (χ2n) is 6.73. The van der Waals surface area contributed by atoms with E-state index in [1.165, 1.54) is 29.0 Å². The molecule has 132 valence electrons. The third-order valence-corrected chi connectivity index (χ3v) is 5.01. The number of allylic oxidation sites excluding steroid dienone is 3. The van der Waals surface area contributed by atoms with Gasteiger partial charge in [0.25, 0.3) is 5.91 Å². The molecule has 2 aromatic carbocycles. The topological polar surface area (TPSA) is 32.3 Å². The standard InChI is InChI=1S/C22H21FN2O/c23-20-4-1-3-19(14-20)22(26)24-15-16-7-8-17-9-11-25(21-5-2-6-21)12-10-18(17)13-16/h1-8,13-14H,9-12,15H2,(H,24,26). The van der Waals surface area contributed by atoms with Crippen LogP contribution in [0.3, 0.4) is 0 Å². The van der Waals surface area contributed by atoms with E-state index >= 15 is 0 Å². The van der Waals surface area contributed by atoms with Crippen LogP contribution >= 0.6 is 0 Å². The van der Waals surface area contributed by atoms with Crippen LogP contribution in [0.25, 0.3) is 0 Å². The second kappa shape index (κ2) is 7.16. The third kappa shape index (κ3) is 3.54. The van der Waals surface area contributed by atoms with Crippen molar-refractivity contribution in [2.75, 3.05) is 13.1 Å². The van der Waals surface area contributed by atoms with Gasteiger partial charge in [-0.05, 0) is 59.9 Å². The summed E-state index contributed by atoms with van der Waals surface area (Å²) in [4.78, 5) is 14.6. The molecule has 0 radical (unpaired) electrons. The summed E-state index contributed by atoms with van der Waals surface area (Å²) in [5.41, 5.74) is 5.48. The highest BCUT2D eigenvalue weighted by Crippen LogP contribution is 2.22. The number of carbonyl (C=O) groups excluding carboxylic acids is 1. The molecule has 1 aliphatic carbocycles. The summed E-state index contributed by atoms with van der Waals surface area (Å²) >= 11 is 0. The van der Waals surface area contributed by atoms with E-state index in [-0.39, 0.29) is 5.91 Å². The van der Waals surface area contributed by atoms with Crippen molar-refractivity contribution in [3.8, 4) is 0 Å². The van der Waals surface area contributed by atoms with Crippen molar-refractivity contribution in [1.82, 2.24) is 10.2 Å². The molecule has 0 saturated carbocycles. The van der Waals surface area contributed by atoms with Crippen LogP contribution in [0.2, 0.25) is 0 Å². The highest BCUT2D eigenvalue weighted by atomic mass is 19.1. The van der Waals surface area contributed by atoms with E-state index in [1.54, 1.807) is 12.1 Å². The summed E-state index contributed by atoms with van der Waals surface area (Å²) in [6.45, 7) is 2.50. The number of amides is 1. The molecule has 2 aliphatic rings. The van der Waals surface area contributed by atoms with Gasteiger partial charge in [-0.3, -0.25) is 4.79 Å². The molecule has 0 unspecified atom stereocenters. The van der Waals surface area contributed by atoms with Gasteiger partial charge in [0.15, 0.2) is 0 Å². The van der Waals surface area contributed by atoms with E-state index in [1.807, 2.05) is 0 Å². The molecule has 0 bridgehead atoms. The second-order valence-corrected chi connectivity index (χ2v) is 6.73. The van der Waals surface area contributed by atoms with Gasteiger partial charge >= 0.3 is 0 Å². The maximum absolute atomic E-state index is 13.2. The SMILES string of the molecule is O=C(NCc1ccc2c(c1)CCN(C1=CC=C1)CC2)c1cccc(F)c1. The molecule has 2 aromatic rings. The lowest BCUT2D eigenvalue weighted by Gasteiger charge is -2.26. The van der Waals surface area contributed by atoms with E-state index in [9.17, 15) is 9.18 Å². The first-order valence-electron chi connectivity index (χ1n) is 8.97. The number of nitrogens with zero attached hydrogens (tertiary/aromatic N) is 1. The van der Waals surface area contributed by atoms with Crippen LogP contribution in [0.4, 0.5) is 4.39 Å². The average molecular weight is 348 g/mol. The van der Waals surface area contributed by atoms with Crippen LogP contribution in [0.15, 0.2) is 66.4 Å². The molecule has 0 atom stereocenters. The van der Waals surface area contributed by atoms with Crippen LogP contribution in [-0.4, -0.2) is 23.9 Å². The Bertz CT molecular complexity index is 901. The molecule has 1 heterocycles. The van der Waals surface area contributed by atoms with Crippen molar-refractivity contribution in [3.63, 3.8) is 0 Å².